The zero-order valence-electron chi connectivity index (χ0n) is 17.3. The van der Waals surface area contributed by atoms with Crippen LogP contribution in [0.5, 0.6) is 5.75 Å². The summed E-state index contributed by atoms with van der Waals surface area (Å²) in [6, 6.07) is 15.0. The first-order valence-electron chi connectivity index (χ1n) is 11.0. The second kappa shape index (κ2) is 8.89. The predicted octanol–water partition coefficient (Wildman–Crippen LogP) is 4.61. The van der Waals surface area contributed by atoms with Crippen molar-refractivity contribution in [3.63, 3.8) is 0 Å². The first kappa shape index (κ1) is 20.3. The van der Waals surface area contributed by atoms with Gasteiger partial charge in [0.2, 0.25) is 0 Å². The Balaban J connectivity index is 1.26. The van der Waals surface area contributed by atoms with Gasteiger partial charge in [-0.2, -0.15) is 5.10 Å². The second-order valence-corrected chi connectivity index (χ2v) is 8.99. The number of aliphatic hydroxyl groups excluding tert-OH is 1. The second-order valence-electron chi connectivity index (χ2n) is 8.55. The molecule has 31 heavy (non-hydrogen) atoms. The number of hydrogen-bond acceptors (Lipinski definition) is 5. The molecule has 6 nitrogen and oxygen atoms in total. The van der Waals surface area contributed by atoms with Crippen molar-refractivity contribution in [3.05, 3.63) is 71.3 Å². The Kier molecular flexibility index (Phi) is 5.83. The molecule has 0 bridgehead atoms. The van der Waals surface area contributed by atoms with Crippen LogP contribution in [0.15, 0.2) is 55.1 Å². The first-order valence-corrected chi connectivity index (χ1v) is 11.3. The molecule has 2 heterocycles. The fourth-order valence-electron chi connectivity index (χ4n) is 5.04. The molecule has 0 spiro atoms. The van der Waals surface area contributed by atoms with E-state index in [0.717, 1.165) is 10.8 Å². The number of ether oxygens (including phenoxy) is 1. The molecule has 0 radical (unpaired) electrons. The first-order chi connectivity index (χ1) is 15.2. The van der Waals surface area contributed by atoms with Gasteiger partial charge in [0.25, 0.3) is 0 Å². The van der Waals surface area contributed by atoms with Gasteiger partial charge in [0.05, 0.1) is 6.54 Å². The Morgan fingerprint density at radius 1 is 1.13 bits per heavy atom. The third-order valence-corrected chi connectivity index (χ3v) is 6.73. The number of nitrogens with zero attached hydrogens (tertiary/aromatic N) is 3. The number of rotatable bonds is 6. The zero-order valence-corrected chi connectivity index (χ0v) is 18.1. The Hall–Kier alpha value is -2.57. The number of benzene rings is 2. The normalized spacial score (nSPS) is 23.4. The molecule has 0 saturated heterocycles. The molecule has 1 saturated carbocycles. The van der Waals surface area contributed by atoms with Crippen molar-refractivity contribution in [2.24, 2.45) is 0 Å². The van der Waals surface area contributed by atoms with Gasteiger partial charge in [0.1, 0.15) is 31.1 Å². The van der Waals surface area contributed by atoms with Crippen molar-refractivity contribution in [2.75, 3.05) is 11.9 Å². The smallest absolute Gasteiger partial charge is 0.137 e. The predicted molar refractivity (Wildman–Crippen MR) is 121 cm³/mol. The van der Waals surface area contributed by atoms with Crippen molar-refractivity contribution >= 4 is 17.3 Å². The summed E-state index contributed by atoms with van der Waals surface area (Å²) in [7, 11) is 0. The molecule has 3 aromatic rings. The van der Waals surface area contributed by atoms with Crippen LogP contribution in [0.4, 0.5) is 5.69 Å². The van der Waals surface area contributed by atoms with Gasteiger partial charge in [-0.15, -0.1) is 0 Å². The van der Waals surface area contributed by atoms with Crippen molar-refractivity contribution in [1.29, 1.82) is 0 Å². The van der Waals surface area contributed by atoms with Crippen LogP contribution >= 0.6 is 11.6 Å². The lowest BCUT2D eigenvalue weighted by Gasteiger charge is -2.27. The Morgan fingerprint density at radius 3 is 2.71 bits per heavy atom. The van der Waals surface area contributed by atoms with Gasteiger partial charge in [0, 0.05) is 28.6 Å². The highest BCUT2D eigenvalue weighted by atomic mass is 35.5. The number of aromatic nitrogens is 3. The monoisotopic (exact) mass is 438 g/mol. The molecule has 5 rings (SSSR count). The van der Waals surface area contributed by atoms with Gasteiger partial charge in [0.15, 0.2) is 0 Å². The number of halogens is 1. The van der Waals surface area contributed by atoms with Crippen molar-refractivity contribution in [3.8, 4) is 5.75 Å². The Labute approximate surface area is 187 Å². The number of anilines is 1. The Bertz CT molecular complexity index is 1010. The number of hydrogen-bond donors (Lipinski definition) is 2. The summed E-state index contributed by atoms with van der Waals surface area (Å²) in [5, 5.41) is 18.8. The third-order valence-electron chi connectivity index (χ3n) is 6.50. The van der Waals surface area contributed by atoms with E-state index in [1.165, 1.54) is 48.8 Å². The minimum absolute atomic E-state index is 0.213. The minimum Gasteiger partial charge on any atom is -0.491 e. The summed E-state index contributed by atoms with van der Waals surface area (Å²) in [6.45, 7) is 0.574. The van der Waals surface area contributed by atoms with Crippen LogP contribution in [0.3, 0.4) is 0 Å². The molecule has 0 amide bonds. The fourth-order valence-corrected chi connectivity index (χ4v) is 5.22. The van der Waals surface area contributed by atoms with Crippen LogP contribution in [0.25, 0.3) is 0 Å². The van der Waals surface area contributed by atoms with E-state index in [9.17, 15) is 5.11 Å². The lowest BCUT2D eigenvalue weighted by molar-refractivity contribution is 0.0892. The molecule has 4 unspecified atom stereocenters. The number of fused-ring (bicyclic) bond motifs is 3. The van der Waals surface area contributed by atoms with Gasteiger partial charge in [-0.3, -0.25) is 4.68 Å². The molecule has 1 aliphatic carbocycles. The minimum atomic E-state index is -0.642. The molecule has 2 N–H and O–H groups in total. The maximum Gasteiger partial charge on any atom is 0.137 e. The summed E-state index contributed by atoms with van der Waals surface area (Å²) >= 11 is 6.29. The zero-order chi connectivity index (χ0) is 21.2. The molecule has 7 heteroatoms. The summed E-state index contributed by atoms with van der Waals surface area (Å²) in [6.07, 6.45) is 7.26. The van der Waals surface area contributed by atoms with Crippen LogP contribution in [0, 0.1) is 0 Å². The van der Waals surface area contributed by atoms with E-state index in [1.807, 2.05) is 18.2 Å². The highest BCUT2D eigenvalue weighted by molar-refractivity contribution is 6.30. The van der Waals surface area contributed by atoms with E-state index in [4.69, 9.17) is 16.3 Å². The number of aliphatic hydroxyl groups is 1. The molecule has 4 atom stereocenters. The van der Waals surface area contributed by atoms with E-state index >= 15 is 0 Å². The average molecular weight is 439 g/mol. The van der Waals surface area contributed by atoms with E-state index < -0.39 is 6.10 Å². The number of nitrogens with one attached hydrogen (secondary N) is 1. The van der Waals surface area contributed by atoms with E-state index in [0.29, 0.717) is 24.4 Å². The van der Waals surface area contributed by atoms with Crippen LogP contribution in [-0.2, 0) is 6.54 Å². The summed E-state index contributed by atoms with van der Waals surface area (Å²) < 4.78 is 7.39. The van der Waals surface area contributed by atoms with Crippen LogP contribution in [-0.4, -0.2) is 38.6 Å². The van der Waals surface area contributed by atoms with Crippen LogP contribution < -0.4 is 10.1 Å². The van der Waals surface area contributed by atoms with E-state index in [2.05, 4.69) is 39.7 Å². The maximum absolute atomic E-state index is 10.1. The molecular formula is C24H27ClN4O2. The molecule has 162 valence electrons. The molecule has 1 aromatic heterocycles. The molecule has 1 fully saturated rings. The van der Waals surface area contributed by atoms with Gasteiger partial charge in [-0.25, -0.2) is 4.98 Å². The summed E-state index contributed by atoms with van der Waals surface area (Å²) in [4.78, 5) is 3.88. The SMILES string of the molecule is OC(COc1ccc(C2CCCCC3c4cc(Cl)ccc4NC23)cc1)Cn1cncn1. The summed E-state index contributed by atoms with van der Waals surface area (Å²) in [5.74, 6) is 1.72. The average Bonchev–Trinajstić information content (AvgIpc) is 3.35. The van der Waals surface area contributed by atoms with Crippen LogP contribution in [0.1, 0.15) is 48.6 Å². The fraction of sp³-hybridized carbons (Fsp3) is 0.417. The Morgan fingerprint density at radius 2 is 1.94 bits per heavy atom. The third kappa shape index (κ3) is 4.41. The maximum atomic E-state index is 10.1. The highest BCUT2D eigenvalue weighted by Gasteiger charge is 2.39. The quantitative estimate of drug-likeness (QED) is 0.588. The van der Waals surface area contributed by atoms with Gasteiger partial charge >= 0.3 is 0 Å². The standard InChI is InChI=1S/C24H27ClN4O2/c25-17-7-10-23-22(11-17)21-4-2-1-3-20(24(21)28-23)16-5-8-19(9-6-16)31-13-18(30)12-29-15-26-14-27-29/h5-11,14-15,18,20-21,24,28,30H,1-4,12-13H2. The molecule has 2 aromatic carbocycles. The topological polar surface area (TPSA) is 72.2 Å². The molecule has 1 aliphatic heterocycles. The van der Waals surface area contributed by atoms with Crippen molar-refractivity contribution in [1.82, 2.24) is 14.8 Å². The largest absolute Gasteiger partial charge is 0.491 e. The molecule has 2 aliphatic rings. The highest BCUT2D eigenvalue weighted by Crippen LogP contribution is 2.48. The lowest BCUT2D eigenvalue weighted by atomic mass is 9.82. The summed E-state index contributed by atoms with van der Waals surface area (Å²) in [5.41, 5.74) is 3.93. The van der Waals surface area contributed by atoms with Crippen molar-refractivity contribution in [2.45, 2.75) is 56.2 Å². The molecular weight excluding hydrogens is 412 g/mol. The van der Waals surface area contributed by atoms with Gasteiger partial charge in [-0.05, 0) is 54.3 Å². The van der Waals surface area contributed by atoms with Gasteiger partial charge in [-0.1, -0.05) is 36.6 Å². The van der Waals surface area contributed by atoms with Crippen LogP contribution in [0.2, 0.25) is 5.02 Å². The van der Waals surface area contributed by atoms with E-state index in [1.54, 1.807) is 11.0 Å². The van der Waals surface area contributed by atoms with E-state index in [-0.39, 0.29) is 6.61 Å². The lowest BCUT2D eigenvalue weighted by Crippen LogP contribution is -2.27. The van der Waals surface area contributed by atoms with Gasteiger partial charge < -0.3 is 15.2 Å². The van der Waals surface area contributed by atoms with Crippen molar-refractivity contribution < 1.29 is 9.84 Å².